The zero-order chi connectivity index (χ0) is 21.6. The maximum Gasteiger partial charge on any atom is 0.270 e. The molecule has 0 saturated carbocycles. The molecule has 0 aliphatic carbocycles. The highest BCUT2D eigenvalue weighted by molar-refractivity contribution is 14.1. The van der Waals surface area contributed by atoms with E-state index >= 15 is 0 Å². The van der Waals surface area contributed by atoms with Crippen molar-refractivity contribution in [2.75, 3.05) is 31.1 Å². The average molecular weight is 528 g/mol. The number of furan rings is 1. The van der Waals surface area contributed by atoms with E-state index in [1.807, 2.05) is 24.3 Å². The van der Waals surface area contributed by atoms with E-state index in [9.17, 15) is 9.59 Å². The van der Waals surface area contributed by atoms with E-state index in [0.29, 0.717) is 41.3 Å². The molecule has 1 fully saturated rings. The van der Waals surface area contributed by atoms with Crippen molar-refractivity contribution in [2.45, 2.75) is 0 Å². The molecule has 0 spiro atoms. The number of amides is 2. The molecule has 0 unspecified atom stereocenters. The van der Waals surface area contributed by atoms with Crippen LogP contribution in [0.2, 0.25) is 0 Å². The van der Waals surface area contributed by atoms with E-state index in [4.69, 9.17) is 4.42 Å². The molecule has 0 atom stereocenters. The number of hydrogen-bond acceptors (Lipinski definition) is 5. The van der Waals surface area contributed by atoms with Gasteiger partial charge in [-0.2, -0.15) is 0 Å². The molecule has 1 saturated heterocycles. The quantitative estimate of drug-likeness (QED) is 0.406. The molecule has 4 rings (SSSR count). The largest absolute Gasteiger partial charge is 0.451 e. The minimum atomic E-state index is -0.339. The fraction of sp³-hybridized carbons (Fsp3) is 0.174. The van der Waals surface area contributed by atoms with Gasteiger partial charge in [0.2, 0.25) is 0 Å². The SMILES string of the molecule is O=C(N/C(=C\c1ccc(I)o1)C(=O)N1CCN(c2ccccn2)CC1)c1ccccc1. The van der Waals surface area contributed by atoms with Crippen molar-refractivity contribution in [3.63, 3.8) is 0 Å². The van der Waals surface area contributed by atoms with E-state index in [1.165, 1.54) is 0 Å². The van der Waals surface area contributed by atoms with Gasteiger partial charge in [0.1, 0.15) is 17.3 Å². The van der Waals surface area contributed by atoms with Crippen molar-refractivity contribution in [1.29, 1.82) is 0 Å². The normalized spacial score (nSPS) is 14.4. The summed E-state index contributed by atoms with van der Waals surface area (Å²) in [6, 6.07) is 18.2. The number of carbonyl (C=O) groups excluding carboxylic acids is 2. The monoisotopic (exact) mass is 528 g/mol. The Balaban J connectivity index is 1.50. The summed E-state index contributed by atoms with van der Waals surface area (Å²) in [4.78, 5) is 34.3. The lowest BCUT2D eigenvalue weighted by molar-refractivity contribution is -0.127. The van der Waals surface area contributed by atoms with Crippen LogP contribution in [0, 0.1) is 3.77 Å². The third kappa shape index (κ3) is 5.32. The van der Waals surface area contributed by atoms with Gasteiger partial charge in [-0.1, -0.05) is 24.3 Å². The van der Waals surface area contributed by atoms with Gasteiger partial charge in [-0.25, -0.2) is 4.98 Å². The number of carbonyl (C=O) groups is 2. The van der Waals surface area contributed by atoms with Gasteiger partial charge in [-0.15, -0.1) is 0 Å². The van der Waals surface area contributed by atoms with Gasteiger partial charge in [0.05, 0.1) is 0 Å². The number of halogens is 1. The molecule has 7 nitrogen and oxygen atoms in total. The molecule has 8 heteroatoms. The third-order valence-corrected chi connectivity index (χ3v) is 5.52. The molecule has 1 aliphatic rings. The van der Waals surface area contributed by atoms with E-state index in [1.54, 1.807) is 53.6 Å². The topological polar surface area (TPSA) is 78.7 Å². The Bertz CT molecular complexity index is 1070. The number of aromatic nitrogens is 1. The van der Waals surface area contributed by atoms with Crippen LogP contribution < -0.4 is 10.2 Å². The van der Waals surface area contributed by atoms with E-state index < -0.39 is 0 Å². The second kappa shape index (κ2) is 9.78. The summed E-state index contributed by atoms with van der Waals surface area (Å²) in [7, 11) is 0. The smallest absolute Gasteiger partial charge is 0.270 e. The highest BCUT2D eigenvalue weighted by Crippen LogP contribution is 2.17. The first-order chi connectivity index (χ1) is 15.1. The molecule has 1 aromatic carbocycles. The fourth-order valence-corrected chi connectivity index (χ4v) is 3.77. The van der Waals surface area contributed by atoms with Crippen molar-refractivity contribution < 1.29 is 14.0 Å². The number of rotatable bonds is 5. The van der Waals surface area contributed by atoms with E-state index in [0.717, 1.165) is 5.82 Å². The standard InChI is InChI=1S/C23H21IN4O3/c24-20-10-9-18(31-20)16-19(26-22(29)17-6-2-1-3-7-17)23(30)28-14-12-27(13-15-28)21-8-4-5-11-25-21/h1-11,16H,12-15H2,(H,26,29)/b19-16-. The summed E-state index contributed by atoms with van der Waals surface area (Å²) in [5.74, 6) is 0.825. The van der Waals surface area contributed by atoms with Crippen LogP contribution >= 0.6 is 22.6 Å². The van der Waals surface area contributed by atoms with Gasteiger partial charge in [-0.05, 0) is 59.0 Å². The maximum atomic E-state index is 13.3. The Hall–Kier alpha value is -3.14. The van der Waals surface area contributed by atoms with E-state index in [-0.39, 0.29) is 17.5 Å². The first kappa shape index (κ1) is 21.1. The molecule has 1 N–H and O–H groups in total. The zero-order valence-corrected chi connectivity index (χ0v) is 18.9. The van der Waals surface area contributed by atoms with Crippen molar-refractivity contribution in [3.8, 4) is 0 Å². The number of nitrogens with one attached hydrogen (secondary N) is 1. The Labute approximate surface area is 193 Å². The summed E-state index contributed by atoms with van der Waals surface area (Å²) in [5.41, 5.74) is 0.668. The van der Waals surface area contributed by atoms with Crippen molar-refractivity contribution >= 4 is 46.3 Å². The molecule has 31 heavy (non-hydrogen) atoms. The molecule has 0 bridgehead atoms. The second-order valence-corrected chi connectivity index (χ2v) is 8.05. The van der Waals surface area contributed by atoms with Crippen LogP contribution in [0.25, 0.3) is 6.08 Å². The average Bonchev–Trinajstić information content (AvgIpc) is 3.24. The summed E-state index contributed by atoms with van der Waals surface area (Å²) in [6.45, 7) is 2.40. The van der Waals surface area contributed by atoms with Gasteiger partial charge < -0.3 is 19.5 Å². The molecular formula is C23H21IN4O3. The van der Waals surface area contributed by atoms with Crippen LogP contribution in [0.1, 0.15) is 16.1 Å². The van der Waals surface area contributed by atoms with Gasteiger partial charge in [-0.3, -0.25) is 9.59 Å². The molecule has 0 radical (unpaired) electrons. The third-order valence-electron chi connectivity index (χ3n) is 4.94. The van der Waals surface area contributed by atoms with Crippen molar-refractivity contribution in [2.24, 2.45) is 0 Å². The highest BCUT2D eigenvalue weighted by atomic mass is 127. The van der Waals surface area contributed by atoms with Crippen LogP contribution in [0.3, 0.4) is 0 Å². The summed E-state index contributed by atoms with van der Waals surface area (Å²) in [6.07, 6.45) is 3.34. The van der Waals surface area contributed by atoms with Crippen molar-refractivity contribution in [1.82, 2.24) is 15.2 Å². The lowest BCUT2D eigenvalue weighted by Gasteiger charge is -2.35. The number of pyridine rings is 1. The summed E-state index contributed by atoms with van der Waals surface area (Å²) in [5, 5.41) is 2.77. The minimum Gasteiger partial charge on any atom is -0.451 e. The fourth-order valence-electron chi connectivity index (χ4n) is 3.33. The number of piperazine rings is 1. The lowest BCUT2D eigenvalue weighted by Crippen LogP contribution is -2.50. The first-order valence-electron chi connectivity index (χ1n) is 9.89. The summed E-state index contributed by atoms with van der Waals surface area (Å²) >= 11 is 2.06. The second-order valence-electron chi connectivity index (χ2n) is 6.99. The first-order valence-corrected chi connectivity index (χ1v) is 11.0. The molecule has 1 aliphatic heterocycles. The predicted molar refractivity (Wildman–Crippen MR) is 126 cm³/mol. The highest BCUT2D eigenvalue weighted by Gasteiger charge is 2.25. The molecule has 2 amide bonds. The van der Waals surface area contributed by atoms with Gasteiger partial charge in [0, 0.05) is 44.0 Å². The number of nitrogens with zero attached hydrogens (tertiary/aromatic N) is 3. The van der Waals surface area contributed by atoms with Gasteiger partial charge >= 0.3 is 0 Å². The molecule has 158 valence electrons. The Morgan fingerprint density at radius 1 is 0.968 bits per heavy atom. The van der Waals surface area contributed by atoms with E-state index in [2.05, 4.69) is 37.8 Å². The summed E-state index contributed by atoms with van der Waals surface area (Å²) < 4.78 is 6.29. The molecule has 3 aromatic rings. The van der Waals surface area contributed by atoms with Crippen LogP contribution in [0.4, 0.5) is 5.82 Å². The zero-order valence-electron chi connectivity index (χ0n) is 16.7. The van der Waals surface area contributed by atoms with Crippen LogP contribution in [-0.4, -0.2) is 47.9 Å². The van der Waals surface area contributed by atoms with Gasteiger partial charge in [0.25, 0.3) is 11.8 Å². The Morgan fingerprint density at radius 2 is 1.71 bits per heavy atom. The number of hydrogen-bond donors (Lipinski definition) is 1. The van der Waals surface area contributed by atoms with Crippen LogP contribution in [0.15, 0.2) is 77.0 Å². The molecule has 3 heterocycles. The van der Waals surface area contributed by atoms with Crippen LogP contribution in [0.5, 0.6) is 0 Å². The number of anilines is 1. The number of benzene rings is 1. The molecular weight excluding hydrogens is 507 g/mol. The van der Waals surface area contributed by atoms with Crippen LogP contribution in [-0.2, 0) is 4.79 Å². The van der Waals surface area contributed by atoms with Crippen molar-refractivity contribution in [3.05, 3.63) is 87.6 Å². The lowest BCUT2D eigenvalue weighted by atomic mass is 10.2. The predicted octanol–water partition coefficient (Wildman–Crippen LogP) is 3.40. The minimum absolute atomic E-state index is 0.186. The van der Waals surface area contributed by atoms with Gasteiger partial charge in [0.15, 0.2) is 3.77 Å². The maximum absolute atomic E-state index is 13.3. The Morgan fingerprint density at radius 3 is 2.35 bits per heavy atom. The Kier molecular flexibility index (Phi) is 6.66. The molecule has 2 aromatic heterocycles.